The molecule has 0 bridgehead atoms. The first kappa shape index (κ1) is 15.8. The van der Waals surface area contributed by atoms with Gasteiger partial charge in [-0.1, -0.05) is 29.3 Å². The van der Waals surface area contributed by atoms with Crippen LogP contribution in [-0.4, -0.2) is 17.3 Å². The summed E-state index contributed by atoms with van der Waals surface area (Å²) in [5.41, 5.74) is 3.59. The van der Waals surface area contributed by atoms with Gasteiger partial charge in [-0.2, -0.15) is 0 Å². The quantitative estimate of drug-likeness (QED) is 0.911. The van der Waals surface area contributed by atoms with E-state index in [1.54, 1.807) is 0 Å². The Kier molecular flexibility index (Phi) is 4.73. The van der Waals surface area contributed by atoms with Crippen LogP contribution in [0.2, 0.25) is 10.0 Å². The minimum absolute atomic E-state index is 0.583. The summed E-state index contributed by atoms with van der Waals surface area (Å²) in [4.78, 5) is 3.02. The number of rotatable bonds is 4. The Labute approximate surface area is 142 Å². The highest BCUT2D eigenvalue weighted by Crippen LogP contribution is 2.30. The van der Waals surface area contributed by atoms with Gasteiger partial charge in [-0.3, -0.25) is 0 Å². The van der Waals surface area contributed by atoms with Crippen LogP contribution < -0.4 is 10.0 Å². The highest BCUT2D eigenvalue weighted by Gasteiger charge is 2.19. The predicted molar refractivity (Wildman–Crippen MR) is 93.1 cm³/mol. The van der Waals surface area contributed by atoms with Crippen molar-refractivity contribution in [3.8, 4) is 0 Å². The van der Waals surface area contributed by atoms with Crippen LogP contribution in [0.1, 0.15) is 11.1 Å². The Morgan fingerprint density at radius 1 is 1.14 bits per heavy atom. The molecule has 2 N–H and O–H groups in total. The van der Waals surface area contributed by atoms with Gasteiger partial charge in [-0.25, -0.2) is 9.35 Å². The van der Waals surface area contributed by atoms with Crippen molar-refractivity contribution in [3.05, 3.63) is 57.6 Å². The fourth-order valence-corrected chi connectivity index (χ4v) is 3.54. The van der Waals surface area contributed by atoms with Gasteiger partial charge in [-0.15, -0.1) is 0 Å². The molecule has 0 amide bonds. The standard InChI is InChI=1S/C16H16Cl2N2OS/c17-14-3-1-11(9-15(14)18)5-7-20-8-6-12-10-13(22(19)21)2-4-16(12)20/h1-4,9-10H,5-8,19H2. The van der Waals surface area contributed by atoms with E-state index in [2.05, 4.69) is 4.90 Å². The van der Waals surface area contributed by atoms with Crippen molar-refractivity contribution < 1.29 is 4.21 Å². The summed E-state index contributed by atoms with van der Waals surface area (Å²) in [7, 11) is -1.42. The monoisotopic (exact) mass is 354 g/mol. The van der Waals surface area contributed by atoms with E-state index < -0.39 is 11.0 Å². The maximum absolute atomic E-state index is 11.3. The number of anilines is 1. The van der Waals surface area contributed by atoms with Crippen LogP contribution in [0.3, 0.4) is 0 Å². The lowest BCUT2D eigenvalue weighted by atomic mass is 10.1. The Bertz CT molecular complexity index is 736. The van der Waals surface area contributed by atoms with Gasteiger partial charge in [0.15, 0.2) is 0 Å². The van der Waals surface area contributed by atoms with Gasteiger partial charge in [0.05, 0.1) is 14.9 Å². The Balaban J connectivity index is 1.71. The molecule has 1 aliphatic rings. The van der Waals surface area contributed by atoms with Gasteiger partial charge in [0, 0.05) is 18.8 Å². The first-order chi connectivity index (χ1) is 10.5. The van der Waals surface area contributed by atoms with E-state index >= 15 is 0 Å². The molecule has 1 aliphatic heterocycles. The molecule has 0 saturated heterocycles. The van der Waals surface area contributed by atoms with Crippen molar-refractivity contribution in [1.29, 1.82) is 0 Å². The number of halogens is 2. The van der Waals surface area contributed by atoms with Crippen molar-refractivity contribution in [2.75, 3.05) is 18.0 Å². The van der Waals surface area contributed by atoms with Crippen LogP contribution in [0.15, 0.2) is 41.3 Å². The zero-order chi connectivity index (χ0) is 15.7. The molecule has 3 rings (SSSR count). The lowest BCUT2D eigenvalue weighted by Crippen LogP contribution is -2.23. The van der Waals surface area contributed by atoms with E-state index in [4.69, 9.17) is 28.3 Å². The SMILES string of the molecule is NS(=O)c1ccc2c(c1)CCN2CCc1ccc(Cl)c(Cl)c1. The summed E-state index contributed by atoms with van der Waals surface area (Å²) >= 11 is 12.0. The van der Waals surface area contributed by atoms with E-state index in [9.17, 15) is 4.21 Å². The highest BCUT2D eigenvalue weighted by atomic mass is 35.5. The molecular formula is C16H16Cl2N2OS. The van der Waals surface area contributed by atoms with Crippen molar-refractivity contribution in [2.45, 2.75) is 17.7 Å². The zero-order valence-electron chi connectivity index (χ0n) is 11.9. The third-order valence-electron chi connectivity index (χ3n) is 3.93. The molecule has 1 atom stereocenters. The van der Waals surface area contributed by atoms with Crippen molar-refractivity contribution in [3.63, 3.8) is 0 Å². The van der Waals surface area contributed by atoms with E-state index in [-0.39, 0.29) is 0 Å². The predicted octanol–water partition coefficient (Wildman–Crippen LogP) is 3.58. The van der Waals surface area contributed by atoms with E-state index in [1.165, 1.54) is 16.8 Å². The zero-order valence-corrected chi connectivity index (χ0v) is 14.2. The van der Waals surface area contributed by atoms with Gasteiger partial charge >= 0.3 is 0 Å². The first-order valence-electron chi connectivity index (χ1n) is 7.02. The molecular weight excluding hydrogens is 339 g/mol. The second-order valence-electron chi connectivity index (χ2n) is 5.32. The fraction of sp³-hybridized carbons (Fsp3) is 0.250. The fourth-order valence-electron chi connectivity index (χ4n) is 2.76. The summed E-state index contributed by atoms with van der Waals surface area (Å²) in [6.45, 7) is 1.88. The number of hydrogen-bond acceptors (Lipinski definition) is 2. The number of benzene rings is 2. The molecule has 2 aromatic carbocycles. The van der Waals surface area contributed by atoms with E-state index in [0.717, 1.165) is 25.9 Å². The molecule has 3 nitrogen and oxygen atoms in total. The largest absolute Gasteiger partial charge is 0.371 e. The van der Waals surface area contributed by atoms with Gasteiger partial charge in [0.2, 0.25) is 0 Å². The first-order valence-corrected chi connectivity index (χ1v) is 8.99. The molecule has 22 heavy (non-hydrogen) atoms. The van der Waals surface area contributed by atoms with Gasteiger partial charge in [0.1, 0.15) is 11.0 Å². The van der Waals surface area contributed by atoms with Gasteiger partial charge < -0.3 is 4.90 Å². The topological polar surface area (TPSA) is 46.3 Å². The lowest BCUT2D eigenvalue weighted by molar-refractivity contribution is 0.684. The highest BCUT2D eigenvalue weighted by molar-refractivity contribution is 7.82. The van der Waals surface area contributed by atoms with Crippen LogP contribution in [-0.2, 0) is 23.8 Å². The molecule has 116 valence electrons. The molecule has 0 spiro atoms. The second kappa shape index (κ2) is 6.59. The molecule has 2 aromatic rings. The van der Waals surface area contributed by atoms with Crippen LogP contribution in [0.25, 0.3) is 0 Å². The van der Waals surface area contributed by atoms with E-state index in [0.29, 0.717) is 14.9 Å². The molecule has 1 heterocycles. The minimum Gasteiger partial charge on any atom is -0.371 e. The van der Waals surface area contributed by atoms with Crippen LogP contribution in [0.4, 0.5) is 5.69 Å². The van der Waals surface area contributed by atoms with Crippen LogP contribution >= 0.6 is 23.2 Å². The summed E-state index contributed by atoms with van der Waals surface area (Å²) in [5.74, 6) is 0. The minimum atomic E-state index is -1.42. The lowest BCUT2D eigenvalue weighted by Gasteiger charge is -2.19. The van der Waals surface area contributed by atoms with Crippen LogP contribution in [0.5, 0.6) is 0 Å². The third kappa shape index (κ3) is 3.30. The maximum Gasteiger partial charge on any atom is 0.122 e. The normalized spacial score (nSPS) is 15.0. The molecule has 6 heteroatoms. The van der Waals surface area contributed by atoms with Crippen LogP contribution in [0, 0.1) is 0 Å². The molecule has 0 aliphatic carbocycles. The number of nitrogens with zero attached hydrogens (tertiary/aromatic N) is 1. The summed E-state index contributed by atoms with van der Waals surface area (Å²) in [6, 6.07) is 11.6. The smallest absolute Gasteiger partial charge is 0.122 e. The van der Waals surface area contributed by atoms with E-state index in [1.807, 2.05) is 36.4 Å². The third-order valence-corrected chi connectivity index (χ3v) is 5.39. The van der Waals surface area contributed by atoms with Crippen molar-refractivity contribution >= 4 is 39.9 Å². The van der Waals surface area contributed by atoms with Gasteiger partial charge in [-0.05, 0) is 54.3 Å². The Morgan fingerprint density at radius 3 is 2.68 bits per heavy atom. The Morgan fingerprint density at radius 2 is 1.95 bits per heavy atom. The van der Waals surface area contributed by atoms with Crippen molar-refractivity contribution in [1.82, 2.24) is 0 Å². The van der Waals surface area contributed by atoms with Gasteiger partial charge in [0.25, 0.3) is 0 Å². The summed E-state index contributed by atoms with van der Waals surface area (Å²) in [6.07, 6.45) is 1.86. The molecule has 0 aromatic heterocycles. The summed E-state index contributed by atoms with van der Waals surface area (Å²) in [5, 5.41) is 6.62. The molecule has 0 fully saturated rings. The molecule has 1 unspecified atom stereocenters. The molecule has 0 saturated carbocycles. The number of hydrogen-bond donors (Lipinski definition) is 1. The maximum atomic E-state index is 11.3. The second-order valence-corrected chi connectivity index (χ2v) is 7.20. The molecule has 0 radical (unpaired) electrons. The summed E-state index contributed by atoms with van der Waals surface area (Å²) < 4.78 is 11.3. The van der Waals surface area contributed by atoms with Crippen molar-refractivity contribution in [2.24, 2.45) is 5.14 Å². The average Bonchev–Trinajstić information content (AvgIpc) is 2.90. The number of nitrogens with two attached hydrogens (primary N) is 1. The average molecular weight is 355 g/mol. The number of fused-ring (bicyclic) bond motifs is 1. The Hall–Kier alpha value is -1.07.